The van der Waals surface area contributed by atoms with E-state index in [-0.39, 0.29) is 52.3 Å². The van der Waals surface area contributed by atoms with Gasteiger partial charge < -0.3 is 22.8 Å². The molecule has 0 saturated heterocycles. The van der Waals surface area contributed by atoms with Gasteiger partial charge in [0.15, 0.2) is 14.1 Å². The molecule has 0 spiro atoms. The van der Waals surface area contributed by atoms with E-state index in [0.29, 0.717) is 33.2 Å². The Bertz CT molecular complexity index is 1210. The van der Waals surface area contributed by atoms with Crippen molar-refractivity contribution in [1.82, 2.24) is 0 Å². The first-order chi connectivity index (χ1) is 26.0. The predicted molar refractivity (Wildman–Crippen MR) is 263 cm³/mol. The molecule has 0 aliphatic carbocycles. The van der Waals surface area contributed by atoms with E-state index in [2.05, 4.69) is 178 Å². The fraction of sp³-hybridized carbons (Fsp3) is 0.938. The molecule has 1 N–H and O–H groups in total. The second-order valence-electron chi connectivity index (χ2n) is 23.0. The molecule has 0 bridgehead atoms. The highest BCUT2D eigenvalue weighted by Crippen LogP contribution is 2.49. The lowest BCUT2D eigenvalue weighted by Gasteiger charge is -2.51. The highest BCUT2D eigenvalue weighted by Gasteiger charge is 2.55. The van der Waals surface area contributed by atoms with E-state index in [1.165, 1.54) is 0 Å². The van der Waals surface area contributed by atoms with Crippen molar-refractivity contribution in [3.05, 3.63) is 0 Å². The van der Waals surface area contributed by atoms with Crippen molar-refractivity contribution in [3.8, 4) is 12.3 Å². The Morgan fingerprint density at radius 1 is 0.586 bits per heavy atom. The van der Waals surface area contributed by atoms with E-state index < -0.39 is 57.2 Å². The predicted octanol–water partition coefficient (Wildman–Crippen LogP) is 14.8. The van der Waals surface area contributed by atoms with Gasteiger partial charge in [0.05, 0.1) is 12.2 Å². The molecule has 0 rings (SSSR count). The molecule has 6 atom stereocenters. The van der Waals surface area contributed by atoms with Crippen LogP contribution in [0.5, 0.6) is 0 Å². The second kappa shape index (κ2) is 22.5. The third kappa shape index (κ3) is 13.5. The molecule has 0 heterocycles. The van der Waals surface area contributed by atoms with Gasteiger partial charge in [-0.2, -0.15) is 0 Å². The third-order valence-electron chi connectivity index (χ3n) is 14.7. The molecule has 0 aromatic carbocycles. The first kappa shape index (κ1) is 57.9. The highest BCUT2D eigenvalue weighted by atomic mass is 28.4. The molecule has 58 heavy (non-hydrogen) atoms. The largest absolute Gasteiger partial charge is 0.414 e. The van der Waals surface area contributed by atoms with E-state index in [0.717, 1.165) is 6.42 Å². The van der Waals surface area contributed by atoms with Crippen LogP contribution in [0.25, 0.3) is 0 Å². The molecule has 0 saturated carbocycles. The van der Waals surface area contributed by atoms with Crippen LogP contribution < -0.4 is 0 Å². The zero-order chi connectivity index (χ0) is 46.3. The number of carbonyl (C=O) groups excluding carboxylic acids is 1. The lowest BCUT2D eigenvalue weighted by molar-refractivity contribution is -0.136. The van der Waals surface area contributed by atoms with Crippen LogP contribution in [0.4, 0.5) is 0 Å². The van der Waals surface area contributed by atoms with E-state index in [9.17, 15) is 5.11 Å². The Morgan fingerprint density at radius 2 is 0.931 bits per heavy atom. The summed E-state index contributed by atoms with van der Waals surface area (Å²) in [5, 5.41) is 12.1. The Hall–Kier alpha value is -0.102. The molecule has 0 aliphatic heterocycles. The summed E-state index contributed by atoms with van der Waals surface area (Å²) in [5.41, 5.74) is 1.66. The van der Waals surface area contributed by atoms with Crippen LogP contribution in [0.2, 0.25) is 68.0 Å². The van der Waals surface area contributed by atoms with Gasteiger partial charge >= 0.3 is 0 Å². The van der Waals surface area contributed by atoms with Crippen LogP contribution in [-0.2, 0) is 22.5 Å². The number of Topliss-reactive ketones (excluding diaryl/α,β-unsaturated/α-hetero) is 1. The van der Waals surface area contributed by atoms with E-state index in [1.807, 2.05) is 6.92 Å². The van der Waals surface area contributed by atoms with Gasteiger partial charge in [0.25, 0.3) is 0 Å². The van der Waals surface area contributed by atoms with Crippen molar-refractivity contribution in [3.63, 3.8) is 0 Å². The van der Waals surface area contributed by atoms with Crippen molar-refractivity contribution >= 4 is 39.1 Å². The Morgan fingerprint density at radius 3 is 1.24 bits per heavy atom. The van der Waals surface area contributed by atoms with Gasteiger partial charge in [-0.1, -0.05) is 158 Å². The van der Waals surface area contributed by atoms with Gasteiger partial charge in [0.1, 0.15) is 11.7 Å². The maximum absolute atomic E-state index is 15.4. The normalized spacial score (nSPS) is 17.9. The average Bonchev–Trinajstić information content (AvgIpc) is 3.02. The molecule has 0 aromatic heterocycles. The quantitative estimate of drug-likeness (QED) is 0.0689. The lowest BCUT2D eigenvalue weighted by atomic mass is 9.89. The van der Waals surface area contributed by atoms with Crippen molar-refractivity contribution in [2.45, 2.75) is 283 Å². The Kier molecular flexibility index (Phi) is 22.5. The van der Waals surface area contributed by atoms with Crippen molar-refractivity contribution < 1.29 is 27.6 Å². The van der Waals surface area contributed by atoms with Gasteiger partial charge in [0, 0.05) is 18.9 Å². The van der Waals surface area contributed by atoms with Gasteiger partial charge in [-0.15, -0.1) is 6.42 Å². The van der Waals surface area contributed by atoms with Crippen LogP contribution in [0, 0.1) is 18.3 Å². The number of hydrogen-bond acceptors (Lipinski definition) is 6. The molecule has 0 amide bonds. The molecule has 0 aromatic rings. The minimum atomic E-state index is -2.64. The van der Waals surface area contributed by atoms with Crippen molar-refractivity contribution in [1.29, 1.82) is 0 Å². The summed E-state index contributed by atoms with van der Waals surface area (Å²) in [6.07, 6.45) is 4.74. The SMILES string of the molecule is C#C[C@@](C)(C[C@H](O)CC(=O)[C@H](O[Si](C(C)C)(C(C)C)C(C)C)[C@@H](O[Si](C(C)C)(C(C)C)C(C)C)[C@H](C)C[C@H](C)O[Si](C)(C)C(C)(C)C)O[Si](C(C)C)(C(C)C)C(C)C. The second-order valence-corrected chi connectivity index (χ2v) is 43.9. The highest BCUT2D eigenvalue weighted by molar-refractivity contribution is 6.79. The summed E-state index contributed by atoms with van der Waals surface area (Å²) in [7, 11) is -9.66. The number of carbonyl (C=O) groups is 1. The van der Waals surface area contributed by atoms with Crippen molar-refractivity contribution in [2.24, 2.45) is 5.92 Å². The summed E-state index contributed by atoms with van der Waals surface area (Å²) in [6.45, 7) is 58.8. The fourth-order valence-corrected chi connectivity index (χ4v) is 29.4. The number of rotatable bonds is 26. The van der Waals surface area contributed by atoms with Gasteiger partial charge in [0.2, 0.25) is 25.0 Å². The standard InChI is InChI=1S/C48H100O6Si4/c1-28-48(25,54-58(38(14)15,39(16)17)40(18)19)31-43(49)30-44(50)46(53-57(35(8)9,36(10)11)37(12)13)45(52-56(32(2)3,33(4)5)34(6)7)41(20)29-42(21)51-55(26,27)47(22,23)24/h1,32-43,45-46,49H,29-31H2,2-27H3/t41-,42+,43-,45+,46+,48+/m1/s1. The molecule has 10 heteroatoms. The van der Waals surface area contributed by atoms with Gasteiger partial charge in [-0.05, 0) is 94.2 Å². The third-order valence-corrected chi connectivity index (χ3v) is 37.7. The summed E-state index contributed by atoms with van der Waals surface area (Å²) in [4.78, 5) is 15.4. The zero-order valence-electron chi connectivity index (χ0n) is 43.3. The minimum absolute atomic E-state index is 0.0281. The maximum Gasteiger partial charge on any atom is 0.202 e. The summed E-state index contributed by atoms with van der Waals surface area (Å²) in [6, 6.07) is 0. The molecule has 0 radical (unpaired) electrons. The Labute approximate surface area is 366 Å². The molecular weight excluding hydrogens is 785 g/mol. The molecule has 0 unspecified atom stereocenters. The molecule has 0 fully saturated rings. The number of aliphatic hydroxyl groups is 1. The van der Waals surface area contributed by atoms with Crippen LogP contribution in [0.15, 0.2) is 0 Å². The van der Waals surface area contributed by atoms with Gasteiger partial charge in [-0.25, -0.2) is 0 Å². The Balaban J connectivity index is 7.81. The topological polar surface area (TPSA) is 74.2 Å². The summed E-state index contributed by atoms with van der Waals surface area (Å²) in [5.74, 6) is 2.81. The molecule has 0 aliphatic rings. The number of terminal acetylenes is 1. The van der Waals surface area contributed by atoms with Crippen LogP contribution in [0.3, 0.4) is 0 Å². The number of ketones is 1. The van der Waals surface area contributed by atoms with E-state index in [4.69, 9.17) is 24.1 Å². The molecule has 344 valence electrons. The summed E-state index contributed by atoms with van der Waals surface area (Å²) >= 11 is 0. The fourth-order valence-electron chi connectivity index (χ4n) is 11.2. The first-order valence-electron chi connectivity index (χ1n) is 23.4. The van der Waals surface area contributed by atoms with Crippen molar-refractivity contribution in [2.75, 3.05) is 0 Å². The number of aliphatic hydroxyl groups excluding tert-OH is 1. The van der Waals surface area contributed by atoms with Crippen LogP contribution in [0.1, 0.15) is 185 Å². The van der Waals surface area contributed by atoms with E-state index in [1.54, 1.807) is 0 Å². The molecular formula is C48H100O6Si4. The minimum Gasteiger partial charge on any atom is -0.414 e. The van der Waals surface area contributed by atoms with Crippen LogP contribution >= 0.6 is 0 Å². The monoisotopic (exact) mass is 885 g/mol. The average molecular weight is 886 g/mol. The maximum atomic E-state index is 15.4. The zero-order valence-corrected chi connectivity index (χ0v) is 47.3. The van der Waals surface area contributed by atoms with Gasteiger partial charge in [-0.3, -0.25) is 4.79 Å². The smallest absolute Gasteiger partial charge is 0.202 e. The summed E-state index contributed by atoms with van der Waals surface area (Å²) < 4.78 is 29.7. The van der Waals surface area contributed by atoms with Crippen LogP contribution in [-0.4, -0.2) is 74.2 Å². The number of hydrogen-bond donors (Lipinski definition) is 1. The van der Waals surface area contributed by atoms with E-state index >= 15 is 4.79 Å². The first-order valence-corrected chi connectivity index (χ1v) is 32.7. The molecule has 6 nitrogen and oxygen atoms in total. The lowest BCUT2D eigenvalue weighted by Crippen LogP contribution is -2.60.